The molecular formula is C21H27NO. The van der Waals surface area contributed by atoms with Gasteiger partial charge in [0.1, 0.15) is 11.9 Å². The molecule has 1 unspecified atom stereocenters. The van der Waals surface area contributed by atoms with Crippen LogP contribution in [0.5, 0.6) is 5.75 Å². The molecule has 122 valence electrons. The maximum atomic E-state index is 6.39. The Balaban J connectivity index is 1.77. The SMILES string of the molecule is CN(C)CCC(Oc1ccc2c(c1)CCCC2)c1ccccc1. The van der Waals surface area contributed by atoms with Crippen molar-refractivity contribution in [3.63, 3.8) is 0 Å². The summed E-state index contributed by atoms with van der Waals surface area (Å²) in [5.41, 5.74) is 4.24. The van der Waals surface area contributed by atoms with Crippen LogP contribution in [0.3, 0.4) is 0 Å². The second-order valence-electron chi connectivity index (χ2n) is 6.75. The zero-order valence-electron chi connectivity index (χ0n) is 14.3. The van der Waals surface area contributed by atoms with Crippen molar-refractivity contribution in [2.75, 3.05) is 20.6 Å². The number of ether oxygens (including phenoxy) is 1. The minimum atomic E-state index is 0.111. The normalized spacial score (nSPS) is 15.3. The lowest BCUT2D eigenvalue weighted by Gasteiger charge is -2.23. The van der Waals surface area contributed by atoms with E-state index in [9.17, 15) is 0 Å². The van der Waals surface area contributed by atoms with Gasteiger partial charge in [-0.3, -0.25) is 0 Å². The molecule has 0 heterocycles. The molecule has 1 aliphatic carbocycles. The number of hydrogen-bond acceptors (Lipinski definition) is 2. The van der Waals surface area contributed by atoms with Crippen molar-refractivity contribution < 1.29 is 4.74 Å². The van der Waals surface area contributed by atoms with Crippen molar-refractivity contribution >= 4 is 0 Å². The van der Waals surface area contributed by atoms with Gasteiger partial charge >= 0.3 is 0 Å². The summed E-state index contributed by atoms with van der Waals surface area (Å²) in [5.74, 6) is 1.01. The van der Waals surface area contributed by atoms with Crippen molar-refractivity contribution in [2.24, 2.45) is 0 Å². The van der Waals surface area contributed by atoms with Gasteiger partial charge in [-0.15, -0.1) is 0 Å². The van der Waals surface area contributed by atoms with Crippen LogP contribution in [-0.2, 0) is 12.8 Å². The van der Waals surface area contributed by atoms with Gasteiger partial charge in [0.25, 0.3) is 0 Å². The summed E-state index contributed by atoms with van der Waals surface area (Å²) in [5, 5.41) is 0. The van der Waals surface area contributed by atoms with E-state index in [2.05, 4.69) is 67.5 Å². The number of fused-ring (bicyclic) bond motifs is 1. The van der Waals surface area contributed by atoms with E-state index < -0.39 is 0 Å². The lowest BCUT2D eigenvalue weighted by atomic mass is 9.92. The van der Waals surface area contributed by atoms with Crippen LogP contribution in [-0.4, -0.2) is 25.5 Å². The fraction of sp³-hybridized carbons (Fsp3) is 0.429. The quantitative estimate of drug-likeness (QED) is 0.771. The first kappa shape index (κ1) is 16.1. The van der Waals surface area contributed by atoms with Gasteiger partial charge in [0.05, 0.1) is 0 Å². The Kier molecular flexibility index (Phi) is 5.35. The molecule has 0 spiro atoms. The smallest absolute Gasteiger partial charge is 0.125 e. The molecule has 0 N–H and O–H groups in total. The molecule has 0 radical (unpaired) electrons. The van der Waals surface area contributed by atoms with Gasteiger partial charge in [-0.1, -0.05) is 36.4 Å². The summed E-state index contributed by atoms with van der Waals surface area (Å²) >= 11 is 0. The molecular weight excluding hydrogens is 282 g/mol. The topological polar surface area (TPSA) is 12.5 Å². The third kappa shape index (κ3) is 4.35. The fourth-order valence-electron chi connectivity index (χ4n) is 3.28. The third-order valence-corrected chi connectivity index (χ3v) is 4.61. The first-order valence-corrected chi connectivity index (χ1v) is 8.70. The Bertz CT molecular complexity index is 621. The zero-order chi connectivity index (χ0) is 16.1. The number of aryl methyl sites for hydroxylation is 2. The number of nitrogens with zero attached hydrogens (tertiary/aromatic N) is 1. The van der Waals surface area contributed by atoms with Crippen molar-refractivity contribution in [2.45, 2.75) is 38.2 Å². The summed E-state index contributed by atoms with van der Waals surface area (Å²) in [6.45, 7) is 1.02. The Morgan fingerprint density at radius 3 is 2.43 bits per heavy atom. The Morgan fingerprint density at radius 1 is 0.957 bits per heavy atom. The molecule has 3 rings (SSSR count). The summed E-state index contributed by atoms with van der Waals surface area (Å²) in [4.78, 5) is 2.21. The van der Waals surface area contributed by atoms with Crippen molar-refractivity contribution in [3.05, 3.63) is 65.2 Å². The van der Waals surface area contributed by atoms with E-state index in [-0.39, 0.29) is 6.10 Å². The van der Waals surface area contributed by atoms with Crippen molar-refractivity contribution in [1.82, 2.24) is 4.90 Å². The first-order valence-electron chi connectivity index (χ1n) is 8.70. The third-order valence-electron chi connectivity index (χ3n) is 4.61. The Hall–Kier alpha value is -1.80. The van der Waals surface area contributed by atoms with E-state index in [0.29, 0.717) is 0 Å². The Labute approximate surface area is 140 Å². The lowest BCUT2D eigenvalue weighted by molar-refractivity contribution is 0.179. The minimum absolute atomic E-state index is 0.111. The monoisotopic (exact) mass is 309 g/mol. The van der Waals surface area contributed by atoms with Crippen molar-refractivity contribution in [1.29, 1.82) is 0 Å². The molecule has 0 bridgehead atoms. The van der Waals surface area contributed by atoms with Gasteiger partial charge in [0, 0.05) is 13.0 Å². The van der Waals surface area contributed by atoms with Crippen LogP contribution in [0.15, 0.2) is 48.5 Å². The predicted molar refractivity (Wildman–Crippen MR) is 96.1 cm³/mol. The van der Waals surface area contributed by atoms with E-state index >= 15 is 0 Å². The molecule has 0 fully saturated rings. The summed E-state index contributed by atoms with van der Waals surface area (Å²) in [7, 11) is 4.22. The van der Waals surface area contributed by atoms with Gasteiger partial charge in [-0.2, -0.15) is 0 Å². The molecule has 0 saturated heterocycles. The van der Waals surface area contributed by atoms with E-state index in [4.69, 9.17) is 4.74 Å². The van der Waals surface area contributed by atoms with Crippen LogP contribution in [0.25, 0.3) is 0 Å². The summed E-state index contributed by atoms with van der Waals surface area (Å²) in [6.07, 6.45) is 6.15. The van der Waals surface area contributed by atoms with E-state index in [0.717, 1.165) is 18.7 Å². The van der Waals surface area contributed by atoms with Crippen molar-refractivity contribution in [3.8, 4) is 5.75 Å². The molecule has 1 atom stereocenters. The molecule has 2 heteroatoms. The van der Waals surface area contributed by atoms with Gasteiger partial charge in [-0.25, -0.2) is 0 Å². The van der Waals surface area contributed by atoms with E-state index in [1.54, 1.807) is 0 Å². The minimum Gasteiger partial charge on any atom is -0.486 e. The molecule has 0 saturated carbocycles. The molecule has 2 aromatic rings. The highest BCUT2D eigenvalue weighted by molar-refractivity contribution is 5.37. The first-order chi connectivity index (χ1) is 11.2. The lowest BCUT2D eigenvalue weighted by Crippen LogP contribution is -2.19. The number of rotatable bonds is 6. The molecule has 2 nitrogen and oxygen atoms in total. The number of hydrogen-bond donors (Lipinski definition) is 0. The largest absolute Gasteiger partial charge is 0.486 e. The summed E-state index contributed by atoms with van der Waals surface area (Å²) in [6, 6.07) is 17.2. The molecule has 0 aromatic heterocycles. The average Bonchev–Trinajstić information content (AvgIpc) is 2.59. The predicted octanol–water partition coefficient (Wildman–Crippen LogP) is 4.64. The average molecular weight is 309 g/mol. The fourth-order valence-corrected chi connectivity index (χ4v) is 3.28. The maximum Gasteiger partial charge on any atom is 0.125 e. The number of benzene rings is 2. The summed E-state index contributed by atoms with van der Waals surface area (Å²) < 4.78 is 6.39. The van der Waals surface area contributed by atoms with Gasteiger partial charge in [0.2, 0.25) is 0 Å². The van der Waals surface area contributed by atoms with Crippen LogP contribution >= 0.6 is 0 Å². The zero-order valence-corrected chi connectivity index (χ0v) is 14.3. The van der Waals surface area contributed by atoms with Gasteiger partial charge in [0.15, 0.2) is 0 Å². The molecule has 23 heavy (non-hydrogen) atoms. The van der Waals surface area contributed by atoms with Crippen LogP contribution < -0.4 is 4.74 Å². The standard InChI is InChI=1S/C21H27NO/c1-22(2)15-14-21(18-9-4-3-5-10-18)23-20-13-12-17-8-6-7-11-19(17)16-20/h3-5,9-10,12-13,16,21H,6-8,11,14-15H2,1-2H3. The molecule has 1 aliphatic rings. The van der Waals surface area contributed by atoms with Crippen LogP contribution in [0, 0.1) is 0 Å². The highest BCUT2D eigenvalue weighted by Crippen LogP contribution is 2.29. The highest BCUT2D eigenvalue weighted by Gasteiger charge is 2.15. The van der Waals surface area contributed by atoms with Crippen LogP contribution in [0.2, 0.25) is 0 Å². The van der Waals surface area contributed by atoms with E-state index in [1.807, 2.05) is 0 Å². The molecule has 0 amide bonds. The highest BCUT2D eigenvalue weighted by atomic mass is 16.5. The second-order valence-corrected chi connectivity index (χ2v) is 6.75. The maximum absolute atomic E-state index is 6.39. The second kappa shape index (κ2) is 7.65. The van der Waals surface area contributed by atoms with Crippen LogP contribution in [0.4, 0.5) is 0 Å². The van der Waals surface area contributed by atoms with Crippen LogP contribution in [0.1, 0.15) is 42.1 Å². The molecule has 0 aliphatic heterocycles. The Morgan fingerprint density at radius 2 is 1.70 bits per heavy atom. The van der Waals surface area contributed by atoms with E-state index in [1.165, 1.54) is 42.4 Å². The van der Waals surface area contributed by atoms with Gasteiger partial charge < -0.3 is 9.64 Å². The van der Waals surface area contributed by atoms with Gasteiger partial charge in [-0.05, 0) is 68.6 Å². The molecule has 2 aromatic carbocycles.